The van der Waals surface area contributed by atoms with Gasteiger partial charge in [-0.1, -0.05) is 12.1 Å². The van der Waals surface area contributed by atoms with Gasteiger partial charge < -0.3 is 19.4 Å². The highest BCUT2D eigenvalue weighted by Crippen LogP contribution is 2.31. The predicted molar refractivity (Wildman–Crippen MR) is 100 cm³/mol. The van der Waals surface area contributed by atoms with Crippen molar-refractivity contribution in [1.82, 2.24) is 14.7 Å². The van der Waals surface area contributed by atoms with Crippen molar-refractivity contribution >= 4 is 5.91 Å². The molecule has 0 radical (unpaired) electrons. The van der Waals surface area contributed by atoms with E-state index in [-0.39, 0.29) is 5.91 Å². The summed E-state index contributed by atoms with van der Waals surface area (Å²) in [5, 5.41) is 0. The zero-order chi connectivity index (χ0) is 17.8. The van der Waals surface area contributed by atoms with Crippen LogP contribution in [-0.4, -0.2) is 80.1 Å². The highest BCUT2D eigenvalue weighted by molar-refractivity contribution is 5.97. The number of nitrogens with zero attached hydrogens (tertiary/aromatic N) is 3. The van der Waals surface area contributed by atoms with Crippen LogP contribution in [0.4, 0.5) is 0 Å². The van der Waals surface area contributed by atoms with Crippen molar-refractivity contribution in [3.8, 4) is 5.75 Å². The molecule has 1 amide bonds. The minimum atomic E-state index is 0.128. The maximum absolute atomic E-state index is 13.3. The lowest BCUT2D eigenvalue weighted by Gasteiger charge is -2.33. The molecule has 0 N–H and O–H groups in total. The summed E-state index contributed by atoms with van der Waals surface area (Å²) in [6.07, 6.45) is 4.66. The molecule has 5 nitrogen and oxygen atoms in total. The molecule has 2 aliphatic heterocycles. The summed E-state index contributed by atoms with van der Waals surface area (Å²) in [5.41, 5.74) is 0.703. The Bertz CT molecular complexity index is 590. The molecule has 2 saturated heterocycles. The van der Waals surface area contributed by atoms with Gasteiger partial charge in [0.15, 0.2) is 0 Å². The van der Waals surface area contributed by atoms with Crippen LogP contribution in [-0.2, 0) is 0 Å². The number of para-hydroxylation sites is 1. The predicted octanol–water partition coefficient (Wildman–Crippen LogP) is 2.33. The Kier molecular flexibility index (Phi) is 5.97. The van der Waals surface area contributed by atoms with Gasteiger partial charge in [-0.05, 0) is 65.5 Å². The zero-order valence-corrected chi connectivity index (χ0v) is 15.8. The van der Waals surface area contributed by atoms with E-state index in [1.54, 1.807) is 0 Å². The quantitative estimate of drug-likeness (QED) is 0.793. The summed E-state index contributed by atoms with van der Waals surface area (Å²) >= 11 is 0. The van der Waals surface area contributed by atoms with Crippen molar-refractivity contribution in [3.05, 3.63) is 29.8 Å². The van der Waals surface area contributed by atoms with Gasteiger partial charge in [-0.3, -0.25) is 4.79 Å². The Morgan fingerprint density at radius 3 is 2.60 bits per heavy atom. The number of rotatable bonds is 6. The maximum Gasteiger partial charge on any atom is 0.257 e. The first-order chi connectivity index (χ1) is 12.1. The first-order valence-corrected chi connectivity index (χ1v) is 9.45. The maximum atomic E-state index is 13.3. The van der Waals surface area contributed by atoms with Crippen molar-refractivity contribution in [2.24, 2.45) is 0 Å². The van der Waals surface area contributed by atoms with Gasteiger partial charge in [0, 0.05) is 25.2 Å². The summed E-state index contributed by atoms with van der Waals surface area (Å²) in [6, 6.07) is 8.53. The highest BCUT2D eigenvalue weighted by Gasteiger charge is 2.39. The van der Waals surface area contributed by atoms with Gasteiger partial charge in [0.2, 0.25) is 0 Å². The number of carbonyl (C=O) groups excluding carboxylic acids is 1. The van der Waals surface area contributed by atoms with Crippen molar-refractivity contribution in [2.45, 2.75) is 37.8 Å². The standard InChI is InChI=1S/C20H31N3O2/c1-21(2)14-15-25-19-11-5-4-8-16(19)20(24)23-13-7-10-18(23)17-9-6-12-22(17)3/h4-5,8,11,17-18H,6-7,9-10,12-15H2,1-3H3/t17-,18+/m0/s1. The van der Waals surface area contributed by atoms with Crippen LogP contribution >= 0.6 is 0 Å². The lowest BCUT2D eigenvalue weighted by Crippen LogP contribution is -2.47. The van der Waals surface area contributed by atoms with E-state index in [0.29, 0.717) is 30.0 Å². The molecule has 1 aromatic rings. The van der Waals surface area contributed by atoms with E-state index in [1.165, 1.54) is 12.8 Å². The molecule has 0 aromatic heterocycles. The smallest absolute Gasteiger partial charge is 0.257 e. The third-order valence-corrected chi connectivity index (χ3v) is 5.49. The molecular weight excluding hydrogens is 314 g/mol. The number of carbonyl (C=O) groups is 1. The fourth-order valence-electron chi connectivity index (χ4n) is 4.13. The van der Waals surface area contributed by atoms with E-state index in [0.717, 1.165) is 32.5 Å². The molecule has 2 heterocycles. The molecule has 2 atom stereocenters. The molecule has 0 aliphatic carbocycles. The van der Waals surface area contributed by atoms with Gasteiger partial charge in [-0.2, -0.15) is 0 Å². The molecule has 0 bridgehead atoms. The van der Waals surface area contributed by atoms with Crippen molar-refractivity contribution in [1.29, 1.82) is 0 Å². The van der Waals surface area contributed by atoms with Crippen molar-refractivity contribution < 1.29 is 9.53 Å². The number of benzene rings is 1. The molecule has 3 rings (SSSR count). The number of hydrogen-bond donors (Lipinski definition) is 0. The lowest BCUT2D eigenvalue weighted by atomic mass is 10.0. The Balaban J connectivity index is 1.73. The van der Waals surface area contributed by atoms with Crippen LogP contribution in [0.3, 0.4) is 0 Å². The van der Waals surface area contributed by atoms with E-state index in [2.05, 4.69) is 21.7 Å². The Labute approximate surface area is 151 Å². The molecule has 0 unspecified atom stereocenters. The Hall–Kier alpha value is -1.59. The Morgan fingerprint density at radius 1 is 1.16 bits per heavy atom. The topological polar surface area (TPSA) is 36.0 Å². The minimum Gasteiger partial charge on any atom is -0.491 e. The average Bonchev–Trinajstić information content (AvgIpc) is 3.22. The molecule has 1 aromatic carbocycles. The van der Waals surface area contributed by atoms with Crippen LogP contribution in [0, 0.1) is 0 Å². The second kappa shape index (κ2) is 8.19. The summed E-state index contributed by atoms with van der Waals surface area (Å²) < 4.78 is 5.91. The van der Waals surface area contributed by atoms with E-state index < -0.39 is 0 Å². The molecule has 25 heavy (non-hydrogen) atoms. The van der Waals surface area contributed by atoms with Gasteiger partial charge in [-0.25, -0.2) is 0 Å². The Morgan fingerprint density at radius 2 is 1.88 bits per heavy atom. The SMILES string of the molecule is CN(C)CCOc1ccccc1C(=O)N1CCC[C@@H]1[C@@H]1CCCN1C. The molecule has 2 fully saturated rings. The highest BCUT2D eigenvalue weighted by atomic mass is 16.5. The van der Waals surface area contributed by atoms with Crippen molar-refractivity contribution in [2.75, 3.05) is 47.4 Å². The number of likely N-dealkylation sites (tertiary alicyclic amines) is 2. The minimum absolute atomic E-state index is 0.128. The van der Waals surface area contributed by atoms with Crippen molar-refractivity contribution in [3.63, 3.8) is 0 Å². The summed E-state index contributed by atoms with van der Waals surface area (Å²) in [4.78, 5) is 19.9. The van der Waals surface area contributed by atoms with Crippen LogP contribution in [0.1, 0.15) is 36.0 Å². The van der Waals surface area contributed by atoms with E-state index >= 15 is 0 Å². The monoisotopic (exact) mass is 345 g/mol. The average molecular weight is 345 g/mol. The zero-order valence-electron chi connectivity index (χ0n) is 15.8. The fraction of sp³-hybridized carbons (Fsp3) is 0.650. The van der Waals surface area contributed by atoms with E-state index in [4.69, 9.17) is 4.74 Å². The third-order valence-electron chi connectivity index (χ3n) is 5.49. The van der Waals surface area contributed by atoms with Crippen LogP contribution in [0.5, 0.6) is 5.75 Å². The largest absolute Gasteiger partial charge is 0.491 e. The molecule has 0 spiro atoms. The second-order valence-corrected chi connectivity index (χ2v) is 7.55. The molecular formula is C20H31N3O2. The number of likely N-dealkylation sites (N-methyl/N-ethyl adjacent to an activating group) is 2. The molecule has 5 heteroatoms. The van der Waals surface area contributed by atoms with Gasteiger partial charge in [0.25, 0.3) is 5.91 Å². The summed E-state index contributed by atoms with van der Waals surface area (Å²) in [5.74, 6) is 0.836. The van der Waals surface area contributed by atoms with Gasteiger partial charge in [-0.15, -0.1) is 0 Å². The van der Waals surface area contributed by atoms with E-state index in [1.807, 2.05) is 38.4 Å². The number of ether oxygens (including phenoxy) is 1. The first kappa shape index (κ1) is 18.2. The molecule has 2 aliphatic rings. The second-order valence-electron chi connectivity index (χ2n) is 7.55. The lowest BCUT2D eigenvalue weighted by molar-refractivity contribution is 0.0660. The fourth-order valence-corrected chi connectivity index (χ4v) is 4.13. The van der Waals surface area contributed by atoms with E-state index in [9.17, 15) is 4.79 Å². The van der Waals surface area contributed by atoms with Gasteiger partial charge in [0.05, 0.1) is 5.56 Å². The summed E-state index contributed by atoms with van der Waals surface area (Å²) in [6.45, 7) is 3.43. The molecule has 0 saturated carbocycles. The summed E-state index contributed by atoms with van der Waals surface area (Å²) in [7, 11) is 6.23. The van der Waals surface area contributed by atoms with Crippen LogP contribution in [0.25, 0.3) is 0 Å². The first-order valence-electron chi connectivity index (χ1n) is 9.45. The third kappa shape index (κ3) is 4.15. The number of hydrogen-bond acceptors (Lipinski definition) is 4. The number of amides is 1. The van der Waals surface area contributed by atoms with Gasteiger partial charge in [0.1, 0.15) is 12.4 Å². The van der Waals surface area contributed by atoms with Crippen LogP contribution in [0.15, 0.2) is 24.3 Å². The van der Waals surface area contributed by atoms with Crippen LogP contribution < -0.4 is 4.74 Å². The van der Waals surface area contributed by atoms with Crippen LogP contribution in [0.2, 0.25) is 0 Å². The van der Waals surface area contributed by atoms with Gasteiger partial charge >= 0.3 is 0 Å². The molecule has 138 valence electrons. The normalized spacial score (nSPS) is 24.2.